The molecule has 0 radical (unpaired) electrons. The molecule has 0 fully saturated rings. The van der Waals surface area contributed by atoms with Crippen LogP contribution in [0.25, 0.3) is 6.08 Å². The zero-order chi connectivity index (χ0) is 27.6. The van der Waals surface area contributed by atoms with Gasteiger partial charge in [0.25, 0.3) is 5.91 Å². The van der Waals surface area contributed by atoms with Gasteiger partial charge in [0.1, 0.15) is 6.10 Å². The molecule has 1 amide bonds. The maximum absolute atomic E-state index is 12.7. The topological polar surface area (TPSA) is 75.6 Å². The van der Waals surface area contributed by atoms with Crippen LogP contribution in [0.3, 0.4) is 0 Å². The van der Waals surface area contributed by atoms with Crippen molar-refractivity contribution < 1.29 is 19.7 Å². The van der Waals surface area contributed by atoms with Gasteiger partial charge in [-0.3, -0.25) is 14.8 Å². The molecule has 1 unspecified atom stereocenters. The highest BCUT2D eigenvalue weighted by Crippen LogP contribution is 2.16. The first-order valence-corrected chi connectivity index (χ1v) is 12.3. The molecule has 0 aliphatic rings. The number of rotatable bonds is 11. The minimum absolute atomic E-state index is 0.0844. The maximum Gasteiger partial charge on any atom is 0.255 e. The van der Waals surface area contributed by atoms with E-state index in [4.69, 9.17) is 5.26 Å². The number of hydrogen-bond acceptors (Lipinski definition) is 4. The fourth-order valence-electron chi connectivity index (χ4n) is 3.22. The fraction of sp³-hybridized carbons (Fsp3) is 0.250. The number of nitrogens with one attached hydrogen (secondary N) is 1. The van der Waals surface area contributed by atoms with Gasteiger partial charge < -0.3 is 5.32 Å². The quantitative estimate of drug-likeness (QED) is 0.107. The third-order valence-electron chi connectivity index (χ3n) is 5.32. The Balaban J connectivity index is 0.00000217. The van der Waals surface area contributed by atoms with Crippen LogP contribution >= 0.6 is 0 Å². The van der Waals surface area contributed by atoms with Crippen LogP contribution in [0.1, 0.15) is 62.0 Å². The van der Waals surface area contributed by atoms with Crippen LogP contribution in [0.4, 0.5) is 5.69 Å². The third kappa shape index (κ3) is 12.1. The van der Waals surface area contributed by atoms with Gasteiger partial charge in [-0.15, -0.1) is 6.58 Å². The molecular formula is C32H39NO4. The highest BCUT2D eigenvalue weighted by Gasteiger charge is 2.17. The Labute approximate surface area is 221 Å². The van der Waals surface area contributed by atoms with Gasteiger partial charge in [0.2, 0.25) is 0 Å². The molecule has 1 atom stereocenters. The number of carbonyl (C=O) groups excluding carboxylic acids is 2. The van der Waals surface area contributed by atoms with Crippen LogP contribution in [-0.4, -0.2) is 23.1 Å². The Morgan fingerprint density at radius 2 is 1.65 bits per heavy atom. The lowest BCUT2D eigenvalue weighted by Gasteiger charge is -2.13. The van der Waals surface area contributed by atoms with Gasteiger partial charge in [-0.1, -0.05) is 77.9 Å². The van der Waals surface area contributed by atoms with Gasteiger partial charge in [-0.25, -0.2) is 4.89 Å². The summed E-state index contributed by atoms with van der Waals surface area (Å²) in [7, 11) is 0. The Kier molecular flexibility index (Phi) is 14.9. The number of aryl methyl sites for hydroxylation is 1. The number of hydrogen-bond donors (Lipinski definition) is 2. The van der Waals surface area contributed by atoms with E-state index in [-0.39, 0.29) is 18.1 Å². The number of allylic oxidation sites excluding steroid dienone is 7. The summed E-state index contributed by atoms with van der Waals surface area (Å²) in [6, 6.07) is 14.9. The molecule has 0 aliphatic heterocycles. The van der Waals surface area contributed by atoms with Crippen LogP contribution in [-0.2, 0) is 9.68 Å². The van der Waals surface area contributed by atoms with Crippen molar-refractivity contribution in [3.05, 3.63) is 119 Å². The van der Waals surface area contributed by atoms with Crippen molar-refractivity contribution in [1.29, 1.82) is 0 Å². The number of Topliss-reactive ketones (excluding diaryl/α,β-unsaturated/α-hetero) is 1. The fourth-order valence-corrected chi connectivity index (χ4v) is 3.22. The normalized spacial score (nSPS) is 12.7. The second-order valence-corrected chi connectivity index (χ2v) is 8.53. The molecule has 37 heavy (non-hydrogen) atoms. The number of ketones is 1. The van der Waals surface area contributed by atoms with Crippen LogP contribution in [0.5, 0.6) is 0 Å². The highest BCUT2D eigenvalue weighted by atomic mass is 17.1. The van der Waals surface area contributed by atoms with Crippen molar-refractivity contribution >= 4 is 23.5 Å². The summed E-state index contributed by atoms with van der Waals surface area (Å²) in [4.78, 5) is 29.6. The molecule has 0 saturated carbocycles. The molecule has 5 nitrogen and oxygen atoms in total. The Bertz CT molecular complexity index is 1120. The monoisotopic (exact) mass is 501 g/mol. The summed E-state index contributed by atoms with van der Waals surface area (Å²) in [5.41, 5.74) is 4.91. The van der Waals surface area contributed by atoms with Gasteiger partial charge in [0.05, 0.1) is 0 Å². The highest BCUT2D eigenvalue weighted by molar-refractivity contribution is 6.04. The molecule has 0 bridgehead atoms. The van der Waals surface area contributed by atoms with Crippen LogP contribution in [0.2, 0.25) is 0 Å². The van der Waals surface area contributed by atoms with Gasteiger partial charge >= 0.3 is 0 Å². The number of anilines is 1. The Hall–Kier alpha value is -3.80. The average Bonchev–Trinajstić information content (AvgIpc) is 2.89. The summed E-state index contributed by atoms with van der Waals surface area (Å²) in [6.07, 6.45) is 12.6. The molecule has 0 aromatic heterocycles. The largest absolute Gasteiger partial charge is 0.322 e. The zero-order valence-electron chi connectivity index (χ0n) is 22.5. The predicted molar refractivity (Wildman–Crippen MR) is 155 cm³/mol. The maximum atomic E-state index is 12.7. The van der Waals surface area contributed by atoms with E-state index in [1.54, 1.807) is 42.5 Å². The molecule has 2 N–H and O–H groups in total. The van der Waals surface area contributed by atoms with Crippen molar-refractivity contribution in [2.24, 2.45) is 0 Å². The van der Waals surface area contributed by atoms with Gasteiger partial charge in [-0.05, 0) is 70.9 Å². The molecule has 2 aromatic rings. The lowest BCUT2D eigenvalue weighted by Crippen LogP contribution is -2.17. The van der Waals surface area contributed by atoms with Gasteiger partial charge in [0.15, 0.2) is 5.78 Å². The Morgan fingerprint density at radius 1 is 1.03 bits per heavy atom. The summed E-state index contributed by atoms with van der Waals surface area (Å²) in [5.74, 6) is -0.268. The molecule has 196 valence electrons. The van der Waals surface area contributed by atoms with Crippen molar-refractivity contribution in [2.45, 2.75) is 53.6 Å². The van der Waals surface area contributed by atoms with Crippen molar-refractivity contribution in [1.82, 2.24) is 0 Å². The van der Waals surface area contributed by atoms with Gasteiger partial charge in [0, 0.05) is 23.2 Å². The SMILES string of the molecule is C=CC.C\C=C/C(=C\C=C\c1ccc(NC(=O)c2ccc(C)cc2)cc1)C(=O)CC(C/C(C)=C/C)OO. The predicted octanol–water partition coefficient (Wildman–Crippen LogP) is 8.13. The first-order valence-electron chi connectivity index (χ1n) is 12.3. The summed E-state index contributed by atoms with van der Waals surface area (Å²) < 4.78 is 0. The van der Waals surface area contributed by atoms with Crippen LogP contribution < -0.4 is 5.32 Å². The van der Waals surface area contributed by atoms with E-state index < -0.39 is 6.10 Å². The number of benzene rings is 2. The van der Waals surface area contributed by atoms with E-state index in [0.29, 0.717) is 23.2 Å². The Morgan fingerprint density at radius 3 is 2.19 bits per heavy atom. The molecule has 0 aliphatic carbocycles. The minimum atomic E-state index is -0.580. The minimum Gasteiger partial charge on any atom is -0.322 e. The smallest absolute Gasteiger partial charge is 0.255 e. The first kappa shape index (κ1) is 31.2. The molecule has 2 aromatic carbocycles. The number of carbonyl (C=O) groups is 2. The van der Waals surface area contributed by atoms with E-state index >= 15 is 0 Å². The first-order chi connectivity index (χ1) is 17.8. The van der Waals surface area contributed by atoms with Crippen molar-refractivity contribution in [3.8, 4) is 0 Å². The van der Waals surface area contributed by atoms with E-state index in [1.165, 1.54) is 0 Å². The van der Waals surface area contributed by atoms with E-state index in [1.807, 2.05) is 83.2 Å². The summed E-state index contributed by atoms with van der Waals surface area (Å²) >= 11 is 0. The van der Waals surface area contributed by atoms with Crippen LogP contribution in [0, 0.1) is 6.92 Å². The second kappa shape index (κ2) is 17.6. The zero-order valence-corrected chi connectivity index (χ0v) is 22.5. The summed E-state index contributed by atoms with van der Waals surface area (Å²) in [5, 5.41) is 12.0. The van der Waals surface area contributed by atoms with E-state index in [2.05, 4.69) is 16.8 Å². The third-order valence-corrected chi connectivity index (χ3v) is 5.32. The van der Waals surface area contributed by atoms with Crippen molar-refractivity contribution in [2.75, 3.05) is 5.32 Å². The van der Waals surface area contributed by atoms with Crippen LogP contribution in [0.15, 0.2) is 103 Å². The molecule has 0 saturated heterocycles. The molecular weight excluding hydrogens is 462 g/mol. The summed E-state index contributed by atoms with van der Waals surface area (Å²) in [6.45, 7) is 12.9. The molecule has 0 spiro atoms. The van der Waals surface area contributed by atoms with Gasteiger partial charge in [-0.2, -0.15) is 0 Å². The number of amides is 1. The standard InChI is InChI=1S/C29H33NO4.C3H6/c1-5-8-24(28(31)20-27(34-33)19-21(3)6-2)10-7-9-23-13-17-26(18-14-23)30-29(32)25-15-11-22(4)12-16-25;1-3-2/h5-18,27,33H,19-20H2,1-4H3,(H,30,32);3H,1H2,2H3/b8-5-,9-7+,21-6+,24-10+;. The lowest BCUT2D eigenvalue weighted by molar-refractivity contribution is -0.277. The molecule has 2 rings (SSSR count). The average molecular weight is 502 g/mol. The second-order valence-electron chi connectivity index (χ2n) is 8.53. The van der Waals surface area contributed by atoms with E-state index in [9.17, 15) is 9.59 Å². The lowest BCUT2D eigenvalue weighted by atomic mass is 10.00. The molecule has 0 heterocycles. The van der Waals surface area contributed by atoms with Crippen molar-refractivity contribution in [3.63, 3.8) is 0 Å². The molecule has 5 heteroatoms. The van der Waals surface area contributed by atoms with E-state index in [0.717, 1.165) is 16.7 Å².